The number of carbonyl (C=O) groups is 3. The van der Waals surface area contributed by atoms with Gasteiger partial charge in [-0.3, -0.25) is 14.9 Å². The molecule has 1 N–H and O–H groups in total. The van der Waals surface area contributed by atoms with Gasteiger partial charge in [0.1, 0.15) is 17.8 Å². The van der Waals surface area contributed by atoms with E-state index in [9.17, 15) is 24.5 Å². The first-order chi connectivity index (χ1) is 14.9. The number of hydrogen-bond acceptors (Lipinski definition) is 7. The number of nitrogens with one attached hydrogen (secondary N) is 1. The van der Waals surface area contributed by atoms with Crippen molar-refractivity contribution in [3.63, 3.8) is 0 Å². The van der Waals surface area contributed by atoms with Crippen molar-refractivity contribution in [2.75, 3.05) is 13.7 Å². The van der Waals surface area contributed by atoms with Crippen molar-refractivity contribution in [1.29, 1.82) is 0 Å². The van der Waals surface area contributed by atoms with E-state index in [0.29, 0.717) is 13.0 Å². The average Bonchev–Trinajstić information content (AvgIpc) is 3.16. The van der Waals surface area contributed by atoms with Crippen LogP contribution in [0.15, 0.2) is 24.3 Å². The molecule has 1 aliphatic heterocycles. The maximum atomic E-state index is 13.5. The lowest BCUT2D eigenvalue weighted by molar-refractivity contribution is -0.384. The van der Waals surface area contributed by atoms with Crippen LogP contribution in [0.1, 0.15) is 41.0 Å². The zero-order valence-corrected chi connectivity index (χ0v) is 19.3. The highest BCUT2D eigenvalue weighted by molar-refractivity contribution is 5.91. The van der Waals surface area contributed by atoms with Crippen LogP contribution in [-0.2, 0) is 14.3 Å². The van der Waals surface area contributed by atoms with Crippen LogP contribution in [-0.4, -0.2) is 53.5 Å². The van der Waals surface area contributed by atoms with Gasteiger partial charge in [0.05, 0.1) is 12.0 Å². The second kappa shape index (κ2) is 9.97. The van der Waals surface area contributed by atoms with Crippen molar-refractivity contribution in [2.45, 2.75) is 53.1 Å². The van der Waals surface area contributed by atoms with Crippen molar-refractivity contribution in [3.8, 4) is 5.75 Å². The monoisotopic (exact) mass is 449 g/mol. The molecular weight excluding hydrogens is 418 g/mol. The van der Waals surface area contributed by atoms with E-state index in [-0.39, 0.29) is 23.3 Å². The molecule has 0 aromatic heterocycles. The number of esters is 1. The lowest BCUT2D eigenvalue weighted by Crippen LogP contribution is -2.58. The lowest BCUT2D eigenvalue weighted by Gasteiger charge is -2.35. The standard InChI is InChI=1S/C22H31N3O7/c1-13(2)16-11-12-24(17(16)20(27)31-6)19(26)18(22(3,4)5)23-21(28)32-15-9-7-14(8-10-15)25(29)30/h7-10,13,16-18H,11-12H2,1-6H3,(H,23,28)/t16?,17-,18+/m0/s1. The third-order valence-corrected chi connectivity index (χ3v) is 5.66. The largest absolute Gasteiger partial charge is 0.467 e. The molecule has 1 fully saturated rings. The summed E-state index contributed by atoms with van der Waals surface area (Å²) in [6.45, 7) is 9.76. The Labute approximate surface area is 187 Å². The molecule has 32 heavy (non-hydrogen) atoms. The van der Waals surface area contributed by atoms with E-state index >= 15 is 0 Å². The first-order valence-corrected chi connectivity index (χ1v) is 10.5. The number of benzene rings is 1. The number of nitro groups is 1. The fraction of sp³-hybridized carbons (Fsp3) is 0.591. The van der Waals surface area contributed by atoms with Gasteiger partial charge >= 0.3 is 12.1 Å². The molecule has 2 rings (SSSR count). The van der Waals surface area contributed by atoms with E-state index in [1.165, 1.54) is 36.3 Å². The Bertz CT molecular complexity index is 861. The first kappa shape index (κ1) is 25.1. The van der Waals surface area contributed by atoms with Crippen LogP contribution < -0.4 is 10.1 Å². The fourth-order valence-electron chi connectivity index (χ4n) is 3.89. The second-order valence-electron chi connectivity index (χ2n) is 9.28. The molecule has 0 radical (unpaired) electrons. The minimum absolute atomic E-state index is 0.0425. The Morgan fingerprint density at radius 3 is 2.25 bits per heavy atom. The van der Waals surface area contributed by atoms with Crippen molar-refractivity contribution < 1.29 is 28.8 Å². The molecule has 10 nitrogen and oxygen atoms in total. The van der Waals surface area contributed by atoms with Crippen LogP contribution in [0, 0.1) is 27.4 Å². The maximum Gasteiger partial charge on any atom is 0.413 e. The van der Waals surface area contributed by atoms with Gasteiger partial charge in [0.15, 0.2) is 0 Å². The summed E-state index contributed by atoms with van der Waals surface area (Å²) in [4.78, 5) is 50.2. The molecule has 1 heterocycles. The highest BCUT2D eigenvalue weighted by atomic mass is 16.6. The van der Waals surface area contributed by atoms with Gasteiger partial charge in [-0.25, -0.2) is 9.59 Å². The summed E-state index contributed by atoms with van der Waals surface area (Å²) in [5.74, 6) is -0.641. The van der Waals surface area contributed by atoms with E-state index in [4.69, 9.17) is 9.47 Å². The zero-order valence-electron chi connectivity index (χ0n) is 19.3. The Balaban J connectivity index is 2.20. The number of ether oxygens (including phenoxy) is 2. The molecule has 1 saturated heterocycles. The van der Waals surface area contributed by atoms with E-state index in [1.807, 2.05) is 13.8 Å². The first-order valence-electron chi connectivity index (χ1n) is 10.5. The highest BCUT2D eigenvalue weighted by Crippen LogP contribution is 2.33. The van der Waals surface area contributed by atoms with E-state index < -0.39 is 40.4 Å². The zero-order chi connectivity index (χ0) is 24.2. The Kier molecular flexibility index (Phi) is 7.82. The van der Waals surface area contributed by atoms with Crippen LogP contribution in [0.4, 0.5) is 10.5 Å². The van der Waals surface area contributed by atoms with Gasteiger partial charge in [0, 0.05) is 18.7 Å². The lowest BCUT2D eigenvalue weighted by atomic mass is 9.85. The summed E-state index contributed by atoms with van der Waals surface area (Å²) in [5.41, 5.74) is -0.814. The summed E-state index contributed by atoms with van der Waals surface area (Å²) in [7, 11) is 1.29. The molecule has 3 atom stereocenters. The van der Waals surface area contributed by atoms with Crippen LogP contribution in [0.3, 0.4) is 0 Å². The van der Waals surface area contributed by atoms with Crippen LogP contribution >= 0.6 is 0 Å². The molecule has 1 aromatic rings. The maximum absolute atomic E-state index is 13.5. The number of hydrogen-bond donors (Lipinski definition) is 1. The summed E-state index contributed by atoms with van der Waals surface area (Å²) >= 11 is 0. The minimum atomic E-state index is -0.967. The van der Waals surface area contributed by atoms with Gasteiger partial charge in [0.2, 0.25) is 5.91 Å². The smallest absolute Gasteiger partial charge is 0.413 e. The van der Waals surface area contributed by atoms with Gasteiger partial charge in [-0.05, 0) is 35.8 Å². The predicted octanol–water partition coefficient (Wildman–Crippen LogP) is 3.14. The number of rotatable bonds is 6. The Morgan fingerprint density at radius 2 is 1.78 bits per heavy atom. The molecule has 2 amide bonds. The third kappa shape index (κ3) is 5.74. The SMILES string of the molecule is COC(=O)[C@@H]1C(C(C)C)CCN1C(=O)[C@@H](NC(=O)Oc1ccc([N+](=O)[O-])cc1)C(C)(C)C. The van der Waals surface area contributed by atoms with Gasteiger partial charge in [-0.2, -0.15) is 0 Å². The summed E-state index contributed by atoms with van der Waals surface area (Å²) in [6, 6.07) is 3.34. The predicted molar refractivity (Wildman–Crippen MR) is 116 cm³/mol. The van der Waals surface area contributed by atoms with Crippen molar-refractivity contribution >= 4 is 23.7 Å². The summed E-state index contributed by atoms with van der Waals surface area (Å²) < 4.78 is 10.2. The van der Waals surface area contributed by atoms with E-state index in [1.54, 1.807) is 20.8 Å². The number of methoxy groups -OCH3 is 1. The van der Waals surface area contributed by atoms with Crippen LogP contribution in [0.5, 0.6) is 5.75 Å². The number of likely N-dealkylation sites (tertiary alicyclic amines) is 1. The quantitative estimate of drug-likeness (QED) is 0.401. The van der Waals surface area contributed by atoms with Gasteiger partial charge in [-0.1, -0.05) is 34.6 Å². The second-order valence-corrected chi connectivity index (χ2v) is 9.28. The third-order valence-electron chi connectivity index (χ3n) is 5.66. The number of nitro benzene ring substituents is 1. The fourth-order valence-corrected chi connectivity index (χ4v) is 3.89. The number of amides is 2. The number of carbonyl (C=O) groups excluding carboxylic acids is 3. The molecule has 0 bridgehead atoms. The molecule has 0 aliphatic carbocycles. The van der Waals surface area contributed by atoms with Crippen LogP contribution in [0.2, 0.25) is 0 Å². The topological polar surface area (TPSA) is 128 Å². The highest BCUT2D eigenvalue weighted by Gasteiger charge is 2.47. The molecule has 0 saturated carbocycles. The molecule has 176 valence electrons. The normalized spacial score (nSPS) is 19.4. The van der Waals surface area contributed by atoms with Crippen LogP contribution in [0.25, 0.3) is 0 Å². The molecule has 0 spiro atoms. The number of nitrogens with zero attached hydrogens (tertiary/aromatic N) is 2. The number of non-ortho nitro benzene ring substituents is 1. The molecule has 10 heteroatoms. The van der Waals surface area contributed by atoms with E-state index in [0.717, 1.165) is 0 Å². The minimum Gasteiger partial charge on any atom is -0.467 e. The van der Waals surface area contributed by atoms with Crippen molar-refractivity contribution in [2.24, 2.45) is 17.3 Å². The Morgan fingerprint density at radius 1 is 1.19 bits per heavy atom. The molecule has 1 aliphatic rings. The molecule has 1 unspecified atom stereocenters. The van der Waals surface area contributed by atoms with Gasteiger partial charge in [-0.15, -0.1) is 0 Å². The Hall–Kier alpha value is -3.17. The van der Waals surface area contributed by atoms with Crippen molar-refractivity contribution in [3.05, 3.63) is 34.4 Å². The van der Waals surface area contributed by atoms with E-state index in [2.05, 4.69) is 5.32 Å². The summed E-state index contributed by atoms with van der Waals surface area (Å²) in [5, 5.41) is 13.4. The van der Waals surface area contributed by atoms with Gasteiger partial charge < -0.3 is 19.7 Å². The molecular formula is C22H31N3O7. The molecule has 1 aromatic carbocycles. The summed E-state index contributed by atoms with van der Waals surface area (Å²) in [6.07, 6.45) is -0.214. The van der Waals surface area contributed by atoms with Gasteiger partial charge in [0.25, 0.3) is 5.69 Å². The van der Waals surface area contributed by atoms with Crippen molar-refractivity contribution in [1.82, 2.24) is 10.2 Å². The average molecular weight is 450 g/mol.